The van der Waals surface area contributed by atoms with Crippen LogP contribution in [0.2, 0.25) is 0 Å². The second kappa shape index (κ2) is 7.93. The fraction of sp³-hybridized carbons (Fsp3) is 0.467. The van der Waals surface area contributed by atoms with E-state index in [1.807, 2.05) is 19.9 Å². The number of benzene rings is 1. The predicted octanol–water partition coefficient (Wildman–Crippen LogP) is 2.10. The number of aryl methyl sites for hydroxylation is 1. The lowest BCUT2D eigenvalue weighted by atomic mass is 10.1. The zero-order valence-electron chi connectivity index (χ0n) is 12.1. The quantitative estimate of drug-likeness (QED) is 0.789. The molecule has 0 aliphatic rings. The van der Waals surface area contributed by atoms with Gasteiger partial charge in [-0.3, -0.25) is 4.72 Å². The number of hydrogen-bond donors (Lipinski definition) is 2. The van der Waals surface area contributed by atoms with Gasteiger partial charge < -0.3 is 5.73 Å². The summed E-state index contributed by atoms with van der Waals surface area (Å²) in [6, 6.07) is 5.47. The Labute approximate surface area is 121 Å². The molecule has 20 heavy (non-hydrogen) atoms. The maximum atomic E-state index is 11.9. The van der Waals surface area contributed by atoms with Gasteiger partial charge in [-0.15, -0.1) is 0 Å². The Morgan fingerprint density at radius 1 is 1.30 bits per heavy atom. The number of unbranched alkanes of at least 4 members (excludes halogenated alkanes) is 1. The third-order valence-electron chi connectivity index (χ3n) is 2.85. The van der Waals surface area contributed by atoms with Crippen LogP contribution in [-0.4, -0.2) is 20.7 Å². The Kier molecular flexibility index (Phi) is 6.56. The molecule has 0 radical (unpaired) electrons. The van der Waals surface area contributed by atoms with Crippen molar-refractivity contribution in [3.63, 3.8) is 0 Å². The molecule has 0 saturated carbocycles. The highest BCUT2D eigenvalue weighted by Gasteiger charge is 2.12. The Morgan fingerprint density at radius 3 is 2.65 bits per heavy atom. The van der Waals surface area contributed by atoms with Gasteiger partial charge in [0.15, 0.2) is 0 Å². The summed E-state index contributed by atoms with van der Waals surface area (Å²) in [5.74, 6) is 5.90. The number of sulfonamides is 1. The molecule has 0 bridgehead atoms. The summed E-state index contributed by atoms with van der Waals surface area (Å²) in [7, 11) is -3.27. The number of rotatable bonds is 6. The van der Waals surface area contributed by atoms with Crippen molar-refractivity contribution in [3.05, 3.63) is 29.3 Å². The Hall–Kier alpha value is -1.51. The fourth-order valence-corrected chi connectivity index (χ4v) is 3.07. The van der Waals surface area contributed by atoms with Crippen LogP contribution in [0.3, 0.4) is 0 Å². The van der Waals surface area contributed by atoms with Crippen LogP contribution in [0.25, 0.3) is 0 Å². The fourth-order valence-electron chi connectivity index (χ4n) is 1.77. The molecule has 110 valence electrons. The van der Waals surface area contributed by atoms with Crippen LogP contribution in [-0.2, 0) is 16.4 Å². The minimum Gasteiger partial charge on any atom is -0.320 e. The maximum absolute atomic E-state index is 11.9. The van der Waals surface area contributed by atoms with Gasteiger partial charge in [0.05, 0.1) is 18.0 Å². The monoisotopic (exact) mass is 294 g/mol. The molecule has 4 nitrogen and oxygen atoms in total. The second-order valence-corrected chi connectivity index (χ2v) is 6.35. The highest BCUT2D eigenvalue weighted by Crippen LogP contribution is 2.19. The van der Waals surface area contributed by atoms with E-state index in [0.717, 1.165) is 24.0 Å². The van der Waals surface area contributed by atoms with E-state index >= 15 is 0 Å². The predicted molar refractivity (Wildman–Crippen MR) is 84.1 cm³/mol. The highest BCUT2D eigenvalue weighted by atomic mass is 32.2. The lowest BCUT2D eigenvalue weighted by molar-refractivity contribution is 0.598. The molecule has 0 atom stereocenters. The van der Waals surface area contributed by atoms with Crippen molar-refractivity contribution in [1.29, 1.82) is 0 Å². The minimum absolute atomic E-state index is 0.154. The van der Waals surface area contributed by atoms with Crippen LogP contribution in [0.15, 0.2) is 18.2 Å². The highest BCUT2D eigenvalue weighted by molar-refractivity contribution is 7.92. The lowest BCUT2D eigenvalue weighted by Crippen LogP contribution is -2.17. The van der Waals surface area contributed by atoms with Gasteiger partial charge in [-0.05, 0) is 36.6 Å². The molecule has 5 heteroatoms. The average Bonchev–Trinajstić information content (AvgIpc) is 2.43. The maximum Gasteiger partial charge on any atom is 0.232 e. The minimum atomic E-state index is -3.27. The molecule has 0 aliphatic carbocycles. The van der Waals surface area contributed by atoms with Gasteiger partial charge in [0.1, 0.15) is 0 Å². The summed E-state index contributed by atoms with van der Waals surface area (Å²) in [5, 5.41) is 0. The van der Waals surface area contributed by atoms with E-state index in [1.54, 1.807) is 12.1 Å². The van der Waals surface area contributed by atoms with Gasteiger partial charge in [0.2, 0.25) is 10.0 Å². The molecule has 3 N–H and O–H groups in total. The average molecular weight is 294 g/mol. The summed E-state index contributed by atoms with van der Waals surface area (Å²) in [6.07, 6.45) is 2.26. The Balaban J connectivity index is 2.96. The summed E-state index contributed by atoms with van der Waals surface area (Å²) in [5.41, 5.74) is 7.77. The van der Waals surface area contributed by atoms with Crippen molar-refractivity contribution < 1.29 is 8.42 Å². The SMILES string of the molecule is CCCCS(=O)(=O)Nc1ccc(C#CCN)cc1CC. The van der Waals surface area contributed by atoms with Crippen molar-refractivity contribution in [3.8, 4) is 11.8 Å². The van der Waals surface area contributed by atoms with Gasteiger partial charge in [0, 0.05) is 5.56 Å². The van der Waals surface area contributed by atoms with Crippen molar-refractivity contribution in [2.45, 2.75) is 33.1 Å². The first-order valence-corrected chi connectivity index (χ1v) is 8.50. The van der Waals surface area contributed by atoms with Crippen molar-refractivity contribution >= 4 is 15.7 Å². The van der Waals surface area contributed by atoms with Crippen LogP contribution < -0.4 is 10.5 Å². The first-order valence-electron chi connectivity index (χ1n) is 6.84. The third kappa shape index (κ3) is 5.24. The summed E-state index contributed by atoms with van der Waals surface area (Å²) < 4.78 is 26.5. The van der Waals surface area contributed by atoms with Gasteiger partial charge in [0.25, 0.3) is 0 Å². The zero-order valence-corrected chi connectivity index (χ0v) is 12.9. The van der Waals surface area contributed by atoms with Crippen LogP contribution in [0.5, 0.6) is 0 Å². The molecule has 0 aliphatic heterocycles. The van der Waals surface area contributed by atoms with Crippen LogP contribution in [0.1, 0.15) is 37.8 Å². The van der Waals surface area contributed by atoms with Crippen molar-refractivity contribution in [2.24, 2.45) is 5.73 Å². The molecule has 0 unspecified atom stereocenters. The first kappa shape index (κ1) is 16.5. The van der Waals surface area contributed by atoms with E-state index in [4.69, 9.17) is 5.73 Å². The molecule has 0 saturated heterocycles. The molecule has 0 aromatic heterocycles. The van der Waals surface area contributed by atoms with Gasteiger partial charge in [-0.25, -0.2) is 8.42 Å². The van der Waals surface area contributed by atoms with Crippen molar-refractivity contribution in [2.75, 3.05) is 17.0 Å². The summed E-state index contributed by atoms with van der Waals surface area (Å²) in [6.45, 7) is 4.27. The summed E-state index contributed by atoms with van der Waals surface area (Å²) >= 11 is 0. The molecule has 0 spiro atoms. The van der Waals surface area contributed by atoms with Gasteiger partial charge in [-0.1, -0.05) is 32.1 Å². The topological polar surface area (TPSA) is 72.2 Å². The molecule has 0 amide bonds. The molecule has 1 rings (SSSR count). The smallest absolute Gasteiger partial charge is 0.232 e. The van der Waals surface area contributed by atoms with E-state index in [9.17, 15) is 8.42 Å². The second-order valence-electron chi connectivity index (χ2n) is 4.51. The van der Waals surface area contributed by atoms with E-state index in [-0.39, 0.29) is 5.75 Å². The van der Waals surface area contributed by atoms with Gasteiger partial charge >= 0.3 is 0 Å². The third-order valence-corrected chi connectivity index (χ3v) is 4.21. The van der Waals surface area contributed by atoms with E-state index in [2.05, 4.69) is 16.6 Å². The van der Waals surface area contributed by atoms with Crippen LogP contribution >= 0.6 is 0 Å². The normalized spacial score (nSPS) is 10.8. The molecule has 1 aromatic rings. The first-order chi connectivity index (χ1) is 9.52. The molecule has 0 fully saturated rings. The van der Waals surface area contributed by atoms with Gasteiger partial charge in [-0.2, -0.15) is 0 Å². The summed E-state index contributed by atoms with van der Waals surface area (Å²) in [4.78, 5) is 0. The lowest BCUT2D eigenvalue weighted by Gasteiger charge is -2.12. The van der Waals surface area contributed by atoms with Crippen LogP contribution in [0, 0.1) is 11.8 Å². The molecule has 1 aromatic carbocycles. The number of nitrogens with two attached hydrogens (primary N) is 1. The number of anilines is 1. The molecular weight excluding hydrogens is 272 g/mol. The van der Waals surface area contributed by atoms with E-state index < -0.39 is 10.0 Å². The van der Waals surface area contributed by atoms with Crippen LogP contribution in [0.4, 0.5) is 5.69 Å². The largest absolute Gasteiger partial charge is 0.320 e. The Bertz CT molecular complexity index is 598. The Morgan fingerprint density at radius 2 is 2.05 bits per heavy atom. The van der Waals surface area contributed by atoms with Crippen molar-refractivity contribution in [1.82, 2.24) is 0 Å². The van der Waals surface area contributed by atoms with E-state index in [0.29, 0.717) is 18.7 Å². The van der Waals surface area contributed by atoms with E-state index in [1.165, 1.54) is 0 Å². The molecular formula is C15H22N2O2S. The number of hydrogen-bond acceptors (Lipinski definition) is 3. The number of nitrogens with one attached hydrogen (secondary N) is 1. The zero-order chi connectivity index (χ0) is 15.0. The molecule has 0 heterocycles. The standard InChI is InChI=1S/C15H22N2O2S/c1-3-5-11-20(18,19)17-15-9-8-13(7-6-10-16)12-14(15)4-2/h8-9,12,17H,3-5,10-11,16H2,1-2H3.